The first-order valence-electron chi connectivity index (χ1n) is 15.7. The van der Waals surface area contributed by atoms with E-state index in [9.17, 15) is 9.18 Å². The van der Waals surface area contributed by atoms with Crippen molar-refractivity contribution >= 4 is 5.97 Å². The number of carbonyl (C=O) groups is 1. The van der Waals surface area contributed by atoms with E-state index in [0.717, 1.165) is 69.5 Å². The lowest BCUT2D eigenvalue weighted by atomic mass is 9.87. The second-order valence-electron chi connectivity index (χ2n) is 13.2. The van der Waals surface area contributed by atoms with Gasteiger partial charge in [0.05, 0.1) is 12.2 Å². The van der Waals surface area contributed by atoms with Crippen LogP contribution in [0.4, 0.5) is 4.39 Å². The van der Waals surface area contributed by atoms with Crippen LogP contribution in [0.15, 0.2) is 60.7 Å². The number of aryl methyl sites for hydroxylation is 1. The fourth-order valence-electron chi connectivity index (χ4n) is 6.79. The van der Waals surface area contributed by atoms with Crippen molar-refractivity contribution in [2.24, 2.45) is 5.92 Å². The largest absolute Gasteiger partial charge is 0.461 e. The van der Waals surface area contributed by atoms with Gasteiger partial charge in [0.1, 0.15) is 11.9 Å². The molecule has 2 aromatic carbocycles. The van der Waals surface area contributed by atoms with E-state index in [1.807, 2.05) is 26.8 Å². The number of halogens is 1. The molecular formula is C35H47FN4O2. The van der Waals surface area contributed by atoms with Crippen LogP contribution in [0.1, 0.15) is 87.7 Å². The molecule has 1 saturated carbocycles. The number of likely N-dealkylation sites (tertiary alicyclic amines) is 1. The van der Waals surface area contributed by atoms with Crippen LogP contribution in [-0.2, 0) is 22.5 Å². The summed E-state index contributed by atoms with van der Waals surface area (Å²) in [4.78, 5) is 15.2. The molecular weight excluding hydrogens is 527 g/mol. The summed E-state index contributed by atoms with van der Waals surface area (Å²) in [6.45, 7) is 12.4. The molecule has 2 heterocycles. The Hall–Kier alpha value is -3.03. The second kappa shape index (κ2) is 13.5. The highest BCUT2D eigenvalue weighted by atomic mass is 19.1. The zero-order valence-electron chi connectivity index (χ0n) is 25.7. The highest BCUT2D eigenvalue weighted by Gasteiger charge is 2.39. The maximum Gasteiger partial charge on any atom is 0.320 e. The smallest absolute Gasteiger partial charge is 0.320 e. The van der Waals surface area contributed by atoms with Crippen LogP contribution < -0.4 is 5.32 Å². The van der Waals surface area contributed by atoms with E-state index in [4.69, 9.17) is 9.84 Å². The molecule has 0 bridgehead atoms. The molecule has 1 aliphatic heterocycles. The van der Waals surface area contributed by atoms with Gasteiger partial charge in [0.25, 0.3) is 0 Å². The van der Waals surface area contributed by atoms with E-state index in [0.29, 0.717) is 11.8 Å². The fourth-order valence-corrected chi connectivity index (χ4v) is 6.79. The summed E-state index contributed by atoms with van der Waals surface area (Å²) in [5, 5.41) is 8.16. The lowest BCUT2D eigenvalue weighted by molar-refractivity contribution is -0.148. The molecule has 2 aliphatic rings. The SMILES string of the molecule is CCn1nc(Cc2ccccc2)cc1C1CCN(C[C@H]2C[C@H](OC(=O)CNC(C)(C)C)C[C@@H]2c2cccc(F)c2)CC1. The van der Waals surface area contributed by atoms with E-state index in [-0.39, 0.29) is 35.9 Å². The number of aromatic nitrogens is 2. The van der Waals surface area contributed by atoms with Gasteiger partial charge in [-0.25, -0.2) is 4.39 Å². The van der Waals surface area contributed by atoms with Gasteiger partial charge < -0.3 is 15.0 Å². The van der Waals surface area contributed by atoms with Crippen LogP contribution in [0.3, 0.4) is 0 Å². The van der Waals surface area contributed by atoms with Crippen LogP contribution in [0.25, 0.3) is 0 Å². The van der Waals surface area contributed by atoms with E-state index in [1.54, 1.807) is 12.1 Å². The molecule has 0 radical (unpaired) electrons. The number of ether oxygens (including phenoxy) is 1. The maximum atomic E-state index is 14.2. The van der Waals surface area contributed by atoms with Crippen LogP contribution in [-0.4, -0.2) is 58.5 Å². The number of hydrogen-bond donors (Lipinski definition) is 1. The summed E-state index contributed by atoms with van der Waals surface area (Å²) in [7, 11) is 0. The third-order valence-electron chi connectivity index (χ3n) is 8.88. The van der Waals surface area contributed by atoms with Crippen molar-refractivity contribution in [3.05, 3.63) is 89.0 Å². The number of esters is 1. The predicted molar refractivity (Wildman–Crippen MR) is 165 cm³/mol. The first kappa shape index (κ1) is 30.4. The van der Waals surface area contributed by atoms with Crippen molar-refractivity contribution in [3.8, 4) is 0 Å². The quantitative estimate of drug-likeness (QED) is 0.288. The summed E-state index contributed by atoms with van der Waals surface area (Å²) < 4.78 is 22.3. The summed E-state index contributed by atoms with van der Waals surface area (Å²) >= 11 is 0. The lowest BCUT2D eigenvalue weighted by Crippen LogP contribution is -2.40. The molecule has 1 aliphatic carbocycles. The van der Waals surface area contributed by atoms with Crippen LogP contribution in [0.5, 0.6) is 0 Å². The number of piperidine rings is 1. The molecule has 7 heteroatoms. The molecule has 2 fully saturated rings. The summed E-state index contributed by atoms with van der Waals surface area (Å²) in [5.74, 6) is 0.573. The topological polar surface area (TPSA) is 59.4 Å². The van der Waals surface area contributed by atoms with Gasteiger partial charge in [-0.2, -0.15) is 5.10 Å². The van der Waals surface area contributed by atoms with Crippen molar-refractivity contribution in [2.45, 2.75) is 89.8 Å². The number of benzene rings is 2. The minimum absolute atomic E-state index is 0.142. The first-order valence-corrected chi connectivity index (χ1v) is 15.7. The van der Waals surface area contributed by atoms with Crippen LogP contribution in [0.2, 0.25) is 0 Å². The van der Waals surface area contributed by atoms with Gasteiger partial charge in [0.2, 0.25) is 0 Å². The fraction of sp³-hybridized carbons (Fsp3) is 0.543. The minimum atomic E-state index is -0.214. The average molecular weight is 575 g/mol. The predicted octanol–water partition coefficient (Wildman–Crippen LogP) is 6.31. The van der Waals surface area contributed by atoms with Crippen LogP contribution >= 0.6 is 0 Å². The monoisotopic (exact) mass is 574 g/mol. The Kier molecular flexibility index (Phi) is 9.79. The zero-order valence-corrected chi connectivity index (χ0v) is 25.7. The van der Waals surface area contributed by atoms with Crippen molar-refractivity contribution in [1.82, 2.24) is 20.0 Å². The van der Waals surface area contributed by atoms with Crippen molar-refractivity contribution in [2.75, 3.05) is 26.2 Å². The number of rotatable bonds is 10. The van der Waals surface area contributed by atoms with Gasteiger partial charge in [-0.3, -0.25) is 9.48 Å². The molecule has 0 spiro atoms. The normalized spacial score (nSPS) is 22.0. The minimum Gasteiger partial charge on any atom is -0.461 e. The number of hydrogen-bond acceptors (Lipinski definition) is 5. The molecule has 0 unspecified atom stereocenters. The highest BCUT2D eigenvalue weighted by molar-refractivity contribution is 5.72. The molecule has 1 N–H and O–H groups in total. The number of carbonyl (C=O) groups excluding carboxylic acids is 1. The molecule has 1 aromatic heterocycles. The summed E-state index contributed by atoms with van der Waals surface area (Å²) in [6, 6.07) is 19.9. The van der Waals surface area contributed by atoms with Crippen molar-refractivity contribution in [3.63, 3.8) is 0 Å². The molecule has 3 aromatic rings. The second-order valence-corrected chi connectivity index (χ2v) is 13.2. The van der Waals surface area contributed by atoms with Gasteiger partial charge in [0.15, 0.2) is 0 Å². The Morgan fingerprint density at radius 2 is 1.81 bits per heavy atom. The Balaban J connectivity index is 1.21. The third kappa shape index (κ3) is 8.07. The Bertz CT molecular complexity index is 1310. The van der Waals surface area contributed by atoms with Gasteiger partial charge in [-0.15, -0.1) is 0 Å². The van der Waals surface area contributed by atoms with Gasteiger partial charge in [0, 0.05) is 36.7 Å². The lowest BCUT2D eigenvalue weighted by Gasteiger charge is -2.35. The van der Waals surface area contributed by atoms with Crippen molar-refractivity contribution in [1.29, 1.82) is 0 Å². The number of nitrogens with one attached hydrogen (secondary N) is 1. The molecule has 5 rings (SSSR count). The van der Waals surface area contributed by atoms with Crippen molar-refractivity contribution < 1.29 is 13.9 Å². The zero-order chi connectivity index (χ0) is 29.7. The Morgan fingerprint density at radius 1 is 1.05 bits per heavy atom. The van der Waals surface area contributed by atoms with E-state index in [2.05, 4.69) is 58.2 Å². The summed E-state index contributed by atoms with van der Waals surface area (Å²) in [5.41, 5.74) is 4.66. The Labute approximate surface area is 250 Å². The van der Waals surface area contributed by atoms with E-state index >= 15 is 0 Å². The molecule has 3 atom stereocenters. The molecule has 1 saturated heterocycles. The van der Waals surface area contributed by atoms with Crippen LogP contribution in [0, 0.1) is 11.7 Å². The van der Waals surface area contributed by atoms with Gasteiger partial charge in [-0.1, -0.05) is 42.5 Å². The molecule has 42 heavy (non-hydrogen) atoms. The molecule has 226 valence electrons. The summed E-state index contributed by atoms with van der Waals surface area (Å²) in [6.07, 6.45) is 4.48. The third-order valence-corrected chi connectivity index (χ3v) is 8.88. The Morgan fingerprint density at radius 3 is 2.50 bits per heavy atom. The van der Waals surface area contributed by atoms with E-state index < -0.39 is 0 Å². The van der Waals surface area contributed by atoms with Gasteiger partial charge >= 0.3 is 5.97 Å². The first-order chi connectivity index (χ1) is 20.2. The molecule has 0 amide bonds. The standard InChI is InChI=1S/C35H47FN4O2/c1-5-40-33(21-30(38-40)18-25-10-7-6-8-11-25)26-14-16-39(17-15-26)24-28-20-31(42-34(41)23-37-35(2,3)4)22-32(28)27-12-9-13-29(36)19-27/h6-13,19,21,26,28,31-32,37H,5,14-18,20,22-24H2,1-4H3/t28-,31+,32-/m1/s1. The van der Waals surface area contributed by atoms with E-state index in [1.165, 1.54) is 17.3 Å². The average Bonchev–Trinajstić information content (AvgIpc) is 3.56. The maximum absolute atomic E-state index is 14.2. The molecule has 6 nitrogen and oxygen atoms in total. The van der Waals surface area contributed by atoms with Gasteiger partial charge in [-0.05, 0) is 108 Å². The highest BCUT2D eigenvalue weighted by Crippen LogP contribution is 2.42. The number of nitrogens with zero attached hydrogens (tertiary/aromatic N) is 3.